The number of carbonyl (C=O) groups is 3. The number of nitrogens with one attached hydrogen (secondary N) is 1. The number of phenols is 1. The van der Waals surface area contributed by atoms with E-state index in [2.05, 4.69) is 42.0 Å². The van der Waals surface area contributed by atoms with Gasteiger partial charge in [-0.1, -0.05) is 68.4 Å². The molecule has 12 rings (SSSR count). The van der Waals surface area contributed by atoms with E-state index in [1.165, 1.54) is 4.90 Å². The number of ether oxygens (including phenoxy) is 2. The van der Waals surface area contributed by atoms with Crippen molar-refractivity contribution < 1.29 is 47.4 Å². The molecule has 5 aliphatic heterocycles. The molecule has 5 saturated heterocycles. The van der Waals surface area contributed by atoms with Crippen LogP contribution in [0.1, 0.15) is 122 Å². The number of aryl methyl sites for hydroxylation is 2. The number of piperidine rings is 1. The molecule has 91 heavy (non-hydrogen) atoms. The highest BCUT2D eigenvalue weighted by atomic mass is 32.1. The van der Waals surface area contributed by atoms with Crippen LogP contribution in [0.25, 0.3) is 43.4 Å². The van der Waals surface area contributed by atoms with Gasteiger partial charge in [0.1, 0.15) is 52.6 Å². The Hall–Kier alpha value is -7.60. The standard InChI is InChI=1S/C68H84F2N12O8S/c1-10-43-12-11-13-46-28-49(83)29-51(57(43)46)59-58(69)60-52(32-71-59)62(80-34-47-18-19-48(35-80)82(47)66(87)89-67(7,8)9)75-65(74-60)88-27-26-77-22-20-68(70,21-23-77)37-79-25-24-78(33-40(79)4)55-31-54(90-76-55)56(39(2)3)64(86)81-36-50(84)30-53(81)63(85)73-41(5)44-14-16-45(17-15-44)61-42(6)72-38-91-61/h11-17,28-29,31-32,38-41,47-48,50,53,56,83-84H,10,18-27,30,33-37H2,1-9H3,(H,73,85)/t40-,41?,47?,48?,50+,53-,56?/m0/s1. The lowest BCUT2D eigenvalue weighted by atomic mass is 9.91. The molecule has 3 aromatic carbocycles. The van der Waals surface area contributed by atoms with E-state index in [-0.39, 0.29) is 97.1 Å². The van der Waals surface area contributed by atoms with Crippen molar-refractivity contribution in [3.8, 4) is 33.5 Å². The fourth-order valence-electron chi connectivity index (χ4n) is 14.3. The second kappa shape index (κ2) is 25.8. The number of hydrogen-bond donors (Lipinski definition) is 3. The number of amides is 3. The van der Waals surface area contributed by atoms with Gasteiger partial charge in [0, 0.05) is 95.7 Å². The Balaban J connectivity index is 0.667. The number of β-amino-alcohol motifs (C(OH)–C–C–N with tert-alkyl or cyclic N) is 1. The van der Waals surface area contributed by atoms with Crippen molar-refractivity contribution in [1.82, 2.24) is 50.0 Å². The molecule has 2 bridgehead atoms. The fraction of sp³-hybridized carbons (Fsp3) is 0.529. The van der Waals surface area contributed by atoms with Crippen LogP contribution in [0, 0.1) is 18.7 Å². The van der Waals surface area contributed by atoms with Gasteiger partial charge in [-0.3, -0.25) is 29.3 Å². The second-order valence-electron chi connectivity index (χ2n) is 27.0. The molecule has 9 heterocycles. The lowest BCUT2D eigenvalue weighted by Crippen LogP contribution is -2.57. The van der Waals surface area contributed by atoms with Crippen LogP contribution >= 0.6 is 11.3 Å². The predicted octanol–water partition coefficient (Wildman–Crippen LogP) is 10.2. The Morgan fingerprint density at radius 2 is 1.68 bits per heavy atom. The number of pyridine rings is 1. The number of carbonyl (C=O) groups excluding carboxylic acids is 3. The molecule has 7 aromatic rings. The molecular formula is C68H84F2N12O8S. The third-order valence-electron chi connectivity index (χ3n) is 19.1. The van der Waals surface area contributed by atoms with Gasteiger partial charge in [-0.25, -0.2) is 18.6 Å². The van der Waals surface area contributed by atoms with Crippen molar-refractivity contribution in [3.05, 3.63) is 101 Å². The first-order valence-corrected chi connectivity index (χ1v) is 33.1. The van der Waals surface area contributed by atoms with Crippen molar-refractivity contribution in [1.29, 1.82) is 0 Å². The molecule has 20 nitrogen and oxygen atoms in total. The van der Waals surface area contributed by atoms with Crippen LogP contribution in [0.3, 0.4) is 0 Å². The van der Waals surface area contributed by atoms with Crippen LogP contribution in [0.15, 0.2) is 76.9 Å². The third-order valence-corrected chi connectivity index (χ3v) is 20.1. The number of aliphatic hydroxyl groups excluding tert-OH is 1. The average molecular weight is 1270 g/mol. The zero-order valence-electron chi connectivity index (χ0n) is 53.5. The molecule has 0 spiro atoms. The number of aromatic hydroxyl groups is 1. The summed E-state index contributed by atoms with van der Waals surface area (Å²) in [6.45, 7) is 21.9. The summed E-state index contributed by atoms with van der Waals surface area (Å²) in [5.41, 5.74) is 4.17. The monoisotopic (exact) mass is 1270 g/mol. The van der Waals surface area contributed by atoms with Crippen LogP contribution in [0.5, 0.6) is 11.8 Å². The average Bonchev–Trinajstić information content (AvgIpc) is 1.46. The van der Waals surface area contributed by atoms with E-state index in [1.807, 2.05) is 108 Å². The number of aromatic nitrogens is 5. The molecule has 0 aliphatic carbocycles. The fourth-order valence-corrected chi connectivity index (χ4v) is 15.1. The molecule has 5 fully saturated rings. The maximum atomic E-state index is 17.4. The zero-order valence-corrected chi connectivity index (χ0v) is 54.3. The number of nitrogens with zero attached hydrogens (tertiary/aromatic N) is 11. The Morgan fingerprint density at radius 3 is 2.36 bits per heavy atom. The van der Waals surface area contributed by atoms with E-state index in [0.717, 1.165) is 50.9 Å². The topological polar surface area (TPSA) is 219 Å². The Labute approximate surface area is 533 Å². The normalized spacial score (nSPS) is 22.1. The third kappa shape index (κ3) is 13.3. The maximum Gasteiger partial charge on any atom is 0.410 e. The first kappa shape index (κ1) is 63.5. The number of aliphatic hydroxyl groups is 1. The predicted molar refractivity (Wildman–Crippen MR) is 346 cm³/mol. The lowest BCUT2D eigenvalue weighted by molar-refractivity contribution is -0.141. The number of rotatable bonds is 17. The van der Waals surface area contributed by atoms with Crippen molar-refractivity contribution >= 4 is 62.6 Å². The zero-order chi connectivity index (χ0) is 64.2. The van der Waals surface area contributed by atoms with Gasteiger partial charge in [-0.05, 0) is 119 Å². The van der Waals surface area contributed by atoms with Crippen molar-refractivity contribution in [2.24, 2.45) is 5.92 Å². The SMILES string of the molecule is CCc1cccc2cc(O)cc(-c3ncc4c(N5CC6CCC(C5)N6C(=O)OC(C)(C)C)nc(OCCN5CCC(F)(CN6CCN(c7cc(C(C(=O)N8C[C@H](O)C[C@H]8C(=O)NC(C)c8ccc(-c9scnc9C)cc8)C(C)C)on7)C[C@@H]6C)CC5)nc4c3F)c12. The Morgan fingerprint density at radius 1 is 0.934 bits per heavy atom. The summed E-state index contributed by atoms with van der Waals surface area (Å²) in [7, 11) is 0. The van der Waals surface area contributed by atoms with E-state index < -0.39 is 35.2 Å². The van der Waals surface area contributed by atoms with Gasteiger partial charge in [0.25, 0.3) is 0 Å². The maximum absolute atomic E-state index is 17.4. The second-order valence-corrected chi connectivity index (χ2v) is 27.8. The van der Waals surface area contributed by atoms with Gasteiger partial charge in [0.2, 0.25) is 11.8 Å². The number of hydrogen-bond acceptors (Lipinski definition) is 18. The molecule has 3 N–H and O–H groups in total. The van der Waals surface area contributed by atoms with Gasteiger partial charge in [-0.15, -0.1) is 11.3 Å². The molecule has 23 heteroatoms. The van der Waals surface area contributed by atoms with Crippen LogP contribution in [-0.2, 0) is 20.7 Å². The summed E-state index contributed by atoms with van der Waals surface area (Å²) in [6.07, 6.45) is 3.39. The molecule has 3 amide bonds. The van der Waals surface area contributed by atoms with Crippen LogP contribution in [0.4, 0.5) is 25.2 Å². The first-order valence-electron chi connectivity index (χ1n) is 32.2. The minimum atomic E-state index is -1.42. The number of fused-ring (bicyclic) bond motifs is 4. The summed E-state index contributed by atoms with van der Waals surface area (Å²) in [5, 5.41) is 31.2. The van der Waals surface area contributed by atoms with E-state index in [4.69, 9.17) is 28.9 Å². The Kier molecular flexibility index (Phi) is 18.0. The number of benzene rings is 3. The van der Waals surface area contributed by atoms with Gasteiger partial charge in [0.15, 0.2) is 17.4 Å². The van der Waals surface area contributed by atoms with Gasteiger partial charge in [-0.2, -0.15) is 9.97 Å². The Bertz CT molecular complexity index is 3800. The van der Waals surface area contributed by atoms with Crippen molar-refractivity contribution in [3.63, 3.8) is 0 Å². The molecule has 0 saturated carbocycles. The minimum absolute atomic E-state index is 0.0136. The van der Waals surface area contributed by atoms with E-state index in [1.54, 1.807) is 35.7 Å². The summed E-state index contributed by atoms with van der Waals surface area (Å²) in [5.74, 6) is -0.886. The molecular weight excluding hydrogens is 1180 g/mol. The summed E-state index contributed by atoms with van der Waals surface area (Å²) >= 11 is 1.58. The largest absolute Gasteiger partial charge is 0.508 e. The van der Waals surface area contributed by atoms with E-state index in [9.17, 15) is 24.6 Å². The highest BCUT2D eigenvalue weighted by Crippen LogP contribution is 2.42. The minimum Gasteiger partial charge on any atom is -0.508 e. The molecule has 484 valence electrons. The van der Waals surface area contributed by atoms with E-state index >= 15 is 8.78 Å². The highest BCUT2D eigenvalue weighted by Gasteiger charge is 2.47. The number of likely N-dealkylation sites (tertiary alicyclic amines) is 2. The van der Waals surface area contributed by atoms with Gasteiger partial charge >= 0.3 is 12.1 Å². The van der Waals surface area contributed by atoms with E-state index in [0.29, 0.717) is 100.0 Å². The van der Waals surface area contributed by atoms with Crippen LogP contribution in [0.2, 0.25) is 0 Å². The number of piperazine rings is 2. The molecule has 0 radical (unpaired) electrons. The summed E-state index contributed by atoms with van der Waals surface area (Å²) < 4.78 is 52.5. The smallest absolute Gasteiger partial charge is 0.410 e. The number of halogens is 2. The molecule has 4 aromatic heterocycles. The summed E-state index contributed by atoms with van der Waals surface area (Å²) in [4.78, 5) is 73.6. The molecule has 7 atom stereocenters. The van der Waals surface area contributed by atoms with Crippen LogP contribution in [-0.4, -0.2) is 186 Å². The van der Waals surface area contributed by atoms with Gasteiger partial charge in [0.05, 0.1) is 45.7 Å². The first-order chi connectivity index (χ1) is 43.5. The number of phenolic OH excluding ortho intramolecular Hbond substituents is 1. The van der Waals surface area contributed by atoms with Gasteiger partial charge < -0.3 is 44.2 Å². The van der Waals surface area contributed by atoms with Crippen molar-refractivity contribution in [2.45, 2.75) is 154 Å². The number of anilines is 2. The molecule has 4 unspecified atom stereocenters. The quantitative estimate of drug-likeness (QED) is 0.0772. The van der Waals surface area contributed by atoms with Crippen molar-refractivity contribution in [2.75, 3.05) is 81.9 Å². The number of thiazole rings is 1. The summed E-state index contributed by atoms with van der Waals surface area (Å²) in [6, 6.07) is 17.3. The highest BCUT2D eigenvalue weighted by molar-refractivity contribution is 7.13. The number of alkyl halides is 1. The van der Waals surface area contributed by atoms with Crippen LogP contribution < -0.4 is 19.9 Å². The molecule has 5 aliphatic rings. The lowest BCUT2D eigenvalue weighted by Gasteiger charge is -2.44.